The number of amides is 1. The van der Waals surface area contributed by atoms with Crippen molar-refractivity contribution in [2.45, 2.75) is 37.0 Å². The predicted molar refractivity (Wildman–Crippen MR) is 146 cm³/mol. The van der Waals surface area contributed by atoms with E-state index >= 15 is 0 Å². The Balaban J connectivity index is 1.10. The number of carbonyl (C=O) groups is 1. The van der Waals surface area contributed by atoms with Gasteiger partial charge in [0.05, 0.1) is 16.8 Å². The SMILES string of the molecule is O=C(OCC1c2ccccc2-c2ccccc21)N1CCC(c2csc(-c3cc(C(F)(F)F)cc(C(F)(F)F)c3)n2)CC1. The highest BCUT2D eigenvalue weighted by molar-refractivity contribution is 7.13. The van der Waals surface area contributed by atoms with Crippen LogP contribution in [0.1, 0.15) is 52.6 Å². The number of hydrogen-bond acceptors (Lipinski definition) is 4. The summed E-state index contributed by atoms with van der Waals surface area (Å²) in [6.07, 6.45) is -9.18. The molecule has 0 radical (unpaired) electrons. The Morgan fingerprint density at radius 2 is 1.40 bits per heavy atom. The summed E-state index contributed by atoms with van der Waals surface area (Å²) in [4.78, 5) is 19.0. The molecule has 0 bridgehead atoms. The fourth-order valence-electron chi connectivity index (χ4n) is 5.73. The normalized spacial score (nSPS) is 15.9. The molecule has 218 valence electrons. The summed E-state index contributed by atoms with van der Waals surface area (Å²) in [5.74, 6) is -0.137. The van der Waals surface area contributed by atoms with E-state index in [1.807, 2.05) is 36.4 Å². The van der Waals surface area contributed by atoms with E-state index in [9.17, 15) is 31.1 Å². The number of piperidine rings is 1. The van der Waals surface area contributed by atoms with Crippen LogP contribution in [0, 0.1) is 0 Å². The highest BCUT2D eigenvalue weighted by Crippen LogP contribution is 2.45. The zero-order chi connectivity index (χ0) is 29.6. The van der Waals surface area contributed by atoms with Crippen molar-refractivity contribution in [2.75, 3.05) is 19.7 Å². The van der Waals surface area contributed by atoms with E-state index in [1.54, 1.807) is 10.3 Å². The van der Waals surface area contributed by atoms with E-state index in [2.05, 4.69) is 17.1 Å². The van der Waals surface area contributed by atoms with E-state index in [0.717, 1.165) is 33.6 Å². The number of hydrogen-bond donors (Lipinski definition) is 0. The van der Waals surface area contributed by atoms with E-state index < -0.39 is 29.6 Å². The zero-order valence-electron chi connectivity index (χ0n) is 22.0. The van der Waals surface area contributed by atoms with Crippen molar-refractivity contribution in [3.05, 3.63) is 100 Å². The monoisotopic (exact) mass is 602 g/mol. The van der Waals surface area contributed by atoms with Crippen LogP contribution >= 0.6 is 11.3 Å². The molecule has 6 rings (SSSR count). The Labute approximate surface area is 241 Å². The summed E-state index contributed by atoms with van der Waals surface area (Å²) in [5.41, 5.74) is 2.12. The van der Waals surface area contributed by atoms with Gasteiger partial charge in [0.2, 0.25) is 0 Å². The largest absolute Gasteiger partial charge is 0.448 e. The minimum Gasteiger partial charge on any atom is -0.448 e. The van der Waals surface area contributed by atoms with E-state index in [4.69, 9.17) is 4.74 Å². The second-order valence-corrected chi connectivity index (χ2v) is 11.3. The highest BCUT2D eigenvalue weighted by atomic mass is 32.1. The van der Waals surface area contributed by atoms with Crippen LogP contribution in [0.5, 0.6) is 0 Å². The number of carbonyl (C=O) groups excluding carboxylic acids is 1. The maximum absolute atomic E-state index is 13.3. The van der Waals surface area contributed by atoms with Crippen LogP contribution in [0.2, 0.25) is 0 Å². The lowest BCUT2D eigenvalue weighted by molar-refractivity contribution is -0.143. The van der Waals surface area contributed by atoms with Gasteiger partial charge in [0.1, 0.15) is 11.6 Å². The van der Waals surface area contributed by atoms with Crippen molar-refractivity contribution >= 4 is 17.4 Å². The Hall–Kier alpha value is -3.86. The molecule has 0 spiro atoms. The summed E-state index contributed by atoms with van der Waals surface area (Å²) >= 11 is 1.00. The molecule has 0 unspecified atom stereocenters. The summed E-state index contributed by atoms with van der Waals surface area (Å²) in [5, 5.41) is 1.75. The smallest absolute Gasteiger partial charge is 0.416 e. The van der Waals surface area contributed by atoms with Crippen LogP contribution in [0.25, 0.3) is 21.7 Å². The van der Waals surface area contributed by atoms with Crippen LogP contribution in [0.3, 0.4) is 0 Å². The lowest BCUT2D eigenvalue weighted by Crippen LogP contribution is -2.38. The number of rotatable bonds is 4. The molecule has 2 aliphatic rings. The number of fused-ring (bicyclic) bond motifs is 3. The van der Waals surface area contributed by atoms with Crippen molar-refractivity contribution in [1.82, 2.24) is 9.88 Å². The van der Waals surface area contributed by atoms with E-state index in [1.165, 1.54) is 0 Å². The minimum absolute atomic E-state index is 0.0546. The maximum atomic E-state index is 13.3. The summed E-state index contributed by atoms with van der Waals surface area (Å²) < 4.78 is 85.5. The number of alkyl halides is 6. The van der Waals surface area contributed by atoms with Gasteiger partial charge >= 0.3 is 18.4 Å². The molecule has 1 aliphatic carbocycles. The third-order valence-electron chi connectivity index (χ3n) is 7.86. The average molecular weight is 603 g/mol. The van der Waals surface area contributed by atoms with Crippen LogP contribution < -0.4 is 0 Å². The molecule has 42 heavy (non-hydrogen) atoms. The van der Waals surface area contributed by atoms with Crippen molar-refractivity contribution in [1.29, 1.82) is 0 Å². The quantitative estimate of drug-likeness (QED) is 0.219. The van der Waals surface area contributed by atoms with Crippen molar-refractivity contribution in [3.8, 4) is 21.7 Å². The number of thiazole rings is 1. The standard InChI is InChI=1S/C31H24F6N2O2S/c32-30(33,34)20-13-19(14-21(15-20)31(35,36)37)28-38-27(17-42-28)18-9-11-39(12-10-18)29(40)41-16-26-24-7-3-1-5-22(24)23-6-2-4-8-25(23)26/h1-8,13-15,17-18,26H,9-12,16H2. The second-order valence-electron chi connectivity index (χ2n) is 10.4. The number of likely N-dealkylation sites (tertiary alicyclic amines) is 1. The molecule has 3 aromatic carbocycles. The van der Waals surface area contributed by atoms with Gasteiger partial charge in [-0.25, -0.2) is 9.78 Å². The molecular weight excluding hydrogens is 578 g/mol. The van der Waals surface area contributed by atoms with Gasteiger partial charge in [0, 0.05) is 35.9 Å². The van der Waals surface area contributed by atoms with Gasteiger partial charge in [-0.1, -0.05) is 48.5 Å². The Bertz CT molecular complexity index is 1540. The first kappa shape index (κ1) is 28.3. The number of nitrogens with zero attached hydrogens (tertiary/aromatic N) is 2. The first-order chi connectivity index (χ1) is 20.0. The van der Waals surface area contributed by atoms with Gasteiger partial charge in [0.15, 0.2) is 0 Å². The Morgan fingerprint density at radius 3 is 1.95 bits per heavy atom. The molecule has 0 saturated carbocycles. The van der Waals surface area contributed by atoms with Gasteiger partial charge in [-0.05, 0) is 53.3 Å². The van der Waals surface area contributed by atoms with Gasteiger partial charge in [-0.15, -0.1) is 11.3 Å². The molecule has 0 atom stereocenters. The first-order valence-corrected chi connectivity index (χ1v) is 14.2. The van der Waals surface area contributed by atoms with Crippen LogP contribution in [-0.2, 0) is 17.1 Å². The van der Waals surface area contributed by atoms with Crippen molar-refractivity contribution in [2.24, 2.45) is 0 Å². The average Bonchev–Trinajstić information content (AvgIpc) is 3.59. The summed E-state index contributed by atoms with van der Waals surface area (Å²) in [6, 6.07) is 17.6. The maximum Gasteiger partial charge on any atom is 0.416 e. The van der Waals surface area contributed by atoms with Crippen LogP contribution in [0.4, 0.5) is 31.1 Å². The molecule has 1 saturated heterocycles. The fraction of sp³-hybridized carbons (Fsp3) is 0.290. The van der Waals surface area contributed by atoms with Gasteiger partial charge in [-0.2, -0.15) is 26.3 Å². The molecule has 4 aromatic rings. The molecule has 4 nitrogen and oxygen atoms in total. The lowest BCUT2D eigenvalue weighted by Gasteiger charge is -2.31. The van der Waals surface area contributed by atoms with Crippen molar-refractivity contribution < 1.29 is 35.9 Å². The molecule has 1 fully saturated rings. The molecule has 1 aliphatic heterocycles. The lowest BCUT2D eigenvalue weighted by atomic mass is 9.94. The molecule has 1 amide bonds. The van der Waals surface area contributed by atoms with E-state index in [0.29, 0.717) is 43.8 Å². The van der Waals surface area contributed by atoms with Gasteiger partial charge in [0.25, 0.3) is 0 Å². The molecule has 0 N–H and O–H groups in total. The molecular formula is C31H24F6N2O2S. The number of ether oxygens (including phenoxy) is 1. The fourth-order valence-corrected chi connectivity index (χ4v) is 6.62. The third-order valence-corrected chi connectivity index (χ3v) is 8.77. The predicted octanol–water partition coefficient (Wildman–Crippen LogP) is 8.98. The number of halogens is 6. The summed E-state index contributed by atoms with van der Waals surface area (Å²) in [6.45, 7) is 1.01. The van der Waals surface area contributed by atoms with Crippen LogP contribution in [-0.4, -0.2) is 35.7 Å². The zero-order valence-corrected chi connectivity index (χ0v) is 22.8. The van der Waals surface area contributed by atoms with E-state index in [-0.39, 0.29) is 35.1 Å². The molecule has 2 heterocycles. The summed E-state index contributed by atoms with van der Waals surface area (Å²) in [7, 11) is 0. The molecule has 11 heteroatoms. The van der Waals surface area contributed by atoms with Gasteiger partial charge in [-0.3, -0.25) is 0 Å². The van der Waals surface area contributed by atoms with Gasteiger partial charge < -0.3 is 9.64 Å². The third kappa shape index (κ3) is 5.49. The topological polar surface area (TPSA) is 42.4 Å². The second kappa shape index (κ2) is 10.8. The number of benzene rings is 3. The Morgan fingerprint density at radius 1 is 0.857 bits per heavy atom. The molecule has 1 aromatic heterocycles. The minimum atomic E-state index is -4.93. The highest BCUT2D eigenvalue weighted by Gasteiger charge is 2.37. The Kier molecular flexibility index (Phi) is 7.24. The van der Waals surface area contributed by atoms with Crippen molar-refractivity contribution in [3.63, 3.8) is 0 Å². The number of aromatic nitrogens is 1. The van der Waals surface area contributed by atoms with Crippen LogP contribution in [0.15, 0.2) is 72.1 Å². The first-order valence-electron chi connectivity index (χ1n) is 13.3.